The van der Waals surface area contributed by atoms with E-state index >= 15 is 0 Å². The molecular weight excluding hydrogens is 278 g/mol. The lowest BCUT2D eigenvalue weighted by Gasteiger charge is -2.14. The molecule has 0 aromatic heterocycles. The minimum absolute atomic E-state index is 0.0704. The Morgan fingerprint density at radius 3 is 2.45 bits per heavy atom. The first-order valence-corrected chi connectivity index (χ1v) is 7.74. The number of aryl methyl sites for hydroxylation is 1. The Balaban J connectivity index is 2.40. The van der Waals surface area contributed by atoms with Crippen molar-refractivity contribution in [3.05, 3.63) is 35.4 Å². The van der Waals surface area contributed by atoms with Gasteiger partial charge in [0.05, 0.1) is 6.04 Å². The number of nitrogens with one attached hydrogen (secondary N) is 1. The van der Waals surface area contributed by atoms with Crippen LogP contribution < -0.4 is 11.1 Å². The average molecular weight is 305 g/mol. The molecule has 0 bridgehead atoms. The van der Waals surface area contributed by atoms with Gasteiger partial charge in [-0.1, -0.05) is 50.2 Å². The smallest absolute Gasteiger partial charge is 0.261 e. The third-order valence-electron chi connectivity index (χ3n) is 3.26. The summed E-state index contributed by atoms with van der Waals surface area (Å²) in [5, 5.41) is 6.61. The van der Waals surface area contributed by atoms with Crippen molar-refractivity contribution in [1.29, 1.82) is 0 Å². The van der Waals surface area contributed by atoms with E-state index in [0.29, 0.717) is 18.2 Å². The molecule has 5 heteroatoms. The van der Waals surface area contributed by atoms with Gasteiger partial charge in [0, 0.05) is 6.42 Å². The van der Waals surface area contributed by atoms with E-state index in [-0.39, 0.29) is 18.6 Å². The third-order valence-corrected chi connectivity index (χ3v) is 3.26. The number of hydrogen-bond acceptors (Lipinski definition) is 3. The van der Waals surface area contributed by atoms with E-state index in [0.717, 1.165) is 12.0 Å². The molecule has 1 aromatic carbocycles. The van der Waals surface area contributed by atoms with Gasteiger partial charge in [-0.3, -0.25) is 4.79 Å². The van der Waals surface area contributed by atoms with Crippen molar-refractivity contribution in [2.45, 2.75) is 46.6 Å². The maximum atomic E-state index is 11.8. The lowest BCUT2D eigenvalue weighted by molar-refractivity contribution is -0.126. The topological polar surface area (TPSA) is 76.7 Å². The van der Waals surface area contributed by atoms with Gasteiger partial charge in [0.15, 0.2) is 6.61 Å². The number of nitrogens with zero attached hydrogens (tertiary/aromatic N) is 1. The summed E-state index contributed by atoms with van der Waals surface area (Å²) in [6.07, 6.45) is 1.66. The van der Waals surface area contributed by atoms with E-state index in [1.165, 1.54) is 5.56 Å². The number of rotatable bonds is 8. The summed E-state index contributed by atoms with van der Waals surface area (Å²) in [5.41, 5.74) is 8.02. The standard InChI is InChI=1S/C17H27N3O2/c1-5-14-6-8-15(9-7-14)13(4)19-17(21)11-22-20-16(18)10-12(2)3/h6-9,12-13H,5,10-11H2,1-4H3,(H2,18,20)(H,19,21)/t13-/m1/s1. The summed E-state index contributed by atoms with van der Waals surface area (Å²) in [4.78, 5) is 16.8. The Labute approximate surface area is 132 Å². The molecule has 1 amide bonds. The molecule has 0 spiro atoms. The Kier molecular flexibility index (Phi) is 7.43. The molecule has 22 heavy (non-hydrogen) atoms. The molecule has 0 aliphatic heterocycles. The minimum Gasteiger partial charge on any atom is -0.384 e. The number of amides is 1. The first-order chi connectivity index (χ1) is 10.4. The Bertz CT molecular complexity index is 495. The molecule has 0 unspecified atom stereocenters. The van der Waals surface area contributed by atoms with Crippen LogP contribution >= 0.6 is 0 Å². The van der Waals surface area contributed by atoms with Crippen molar-refractivity contribution in [3.8, 4) is 0 Å². The first-order valence-electron chi connectivity index (χ1n) is 7.74. The van der Waals surface area contributed by atoms with Crippen LogP contribution in [-0.2, 0) is 16.1 Å². The quantitative estimate of drug-likeness (QED) is 0.440. The van der Waals surface area contributed by atoms with E-state index in [2.05, 4.69) is 29.5 Å². The predicted octanol–water partition coefficient (Wildman–Crippen LogP) is 2.76. The SMILES string of the molecule is CCc1ccc([C@@H](C)NC(=O)CO/N=C(\N)CC(C)C)cc1. The van der Waals surface area contributed by atoms with Crippen molar-refractivity contribution in [3.63, 3.8) is 0 Å². The fraction of sp³-hybridized carbons (Fsp3) is 0.529. The molecular formula is C17H27N3O2. The van der Waals surface area contributed by atoms with Crippen LogP contribution in [0.2, 0.25) is 0 Å². The number of oxime groups is 1. The molecule has 0 saturated carbocycles. The number of carbonyl (C=O) groups is 1. The molecule has 122 valence electrons. The second kappa shape index (κ2) is 9.07. The van der Waals surface area contributed by atoms with Crippen molar-refractivity contribution in [1.82, 2.24) is 5.32 Å². The summed E-state index contributed by atoms with van der Waals surface area (Å²) in [7, 11) is 0. The van der Waals surface area contributed by atoms with Crippen molar-refractivity contribution < 1.29 is 9.63 Å². The molecule has 1 rings (SSSR count). The van der Waals surface area contributed by atoms with Gasteiger partial charge in [0.25, 0.3) is 5.91 Å². The van der Waals surface area contributed by atoms with Crippen LogP contribution in [0.5, 0.6) is 0 Å². The fourth-order valence-electron chi connectivity index (χ4n) is 2.04. The summed E-state index contributed by atoms with van der Waals surface area (Å²) >= 11 is 0. The first kappa shape index (κ1) is 18.0. The van der Waals surface area contributed by atoms with Crippen LogP contribution in [-0.4, -0.2) is 18.3 Å². The maximum Gasteiger partial charge on any atom is 0.261 e. The second-order valence-corrected chi connectivity index (χ2v) is 5.84. The van der Waals surface area contributed by atoms with Crippen LogP contribution in [0.15, 0.2) is 29.4 Å². The van der Waals surface area contributed by atoms with Gasteiger partial charge in [-0.15, -0.1) is 0 Å². The lowest BCUT2D eigenvalue weighted by atomic mass is 10.1. The van der Waals surface area contributed by atoms with Gasteiger partial charge in [0.2, 0.25) is 0 Å². The predicted molar refractivity (Wildman–Crippen MR) is 89.4 cm³/mol. The highest BCUT2D eigenvalue weighted by molar-refractivity contribution is 5.80. The Hall–Kier alpha value is -2.04. The molecule has 1 atom stereocenters. The number of amidine groups is 1. The van der Waals surface area contributed by atoms with E-state index in [1.54, 1.807) is 0 Å². The van der Waals surface area contributed by atoms with Crippen molar-refractivity contribution in [2.75, 3.05) is 6.61 Å². The largest absolute Gasteiger partial charge is 0.384 e. The van der Waals surface area contributed by atoms with E-state index < -0.39 is 0 Å². The molecule has 0 fully saturated rings. The van der Waals surface area contributed by atoms with Gasteiger partial charge in [-0.25, -0.2) is 0 Å². The van der Waals surface area contributed by atoms with Gasteiger partial charge in [-0.05, 0) is 30.4 Å². The van der Waals surface area contributed by atoms with Crippen LogP contribution in [0, 0.1) is 5.92 Å². The zero-order valence-corrected chi connectivity index (χ0v) is 13.9. The van der Waals surface area contributed by atoms with Gasteiger partial charge < -0.3 is 15.9 Å². The highest BCUT2D eigenvalue weighted by atomic mass is 16.6. The van der Waals surface area contributed by atoms with Gasteiger partial charge in [-0.2, -0.15) is 0 Å². The van der Waals surface area contributed by atoms with Crippen molar-refractivity contribution in [2.24, 2.45) is 16.8 Å². The van der Waals surface area contributed by atoms with Gasteiger partial charge >= 0.3 is 0 Å². The maximum absolute atomic E-state index is 11.8. The second-order valence-electron chi connectivity index (χ2n) is 5.84. The molecule has 3 N–H and O–H groups in total. The monoisotopic (exact) mass is 305 g/mol. The summed E-state index contributed by atoms with van der Waals surface area (Å²) in [6, 6.07) is 8.14. The summed E-state index contributed by atoms with van der Waals surface area (Å²) in [6.45, 7) is 8.01. The van der Waals surface area contributed by atoms with E-state index in [1.807, 2.05) is 32.9 Å². The Morgan fingerprint density at radius 1 is 1.27 bits per heavy atom. The third kappa shape index (κ3) is 6.61. The minimum atomic E-state index is -0.215. The zero-order chi connectivity index (χ0) is 16.5. The van der Waals surface area contributed by atoms with Crippen molar-refractivity contribution >= 4 is 11.7 Å². The zero-order valence-electron chi connectivity index (χ0n) is 13.9. The van der Waals surface area contributed by atoms with Crippen LogP contribution in [0.4, 0.5) is 0 Å². The molecule has 0 heterocycles. The highest BCUT2D eigenvalue weighted by Crippen LogP contribution is 2.13. The molecule has 1 aromatic rings. The highest BCUT2D eigenvalue weighted by Gasteiger charge is 2.10. The van der Waals surface area contributed by atoms with Crippen LogP contribution in [0.25, 0.3) is 0 Å². The average Bonchev–Trinajstić information content (AvgIpc) is 2.46. The molecule has 0 saturated heterocycles. The van der Waals surface area contributed by atoms with E-state index in [9.17, 15) is 4.79 Å². The number of benzene rings is 1. The number of hydrogen-bond donors (Lipinski definition) is 2. The summed E-state index contributed by atoms with van der Waals surface area (Å²) in [5.74, 6) is 0.603. The van der Waals surface area contributed by atoms with Gasteiger partial charge in [0.1, 0.15) is 5.84 Å². The van der Waals surface area contributed by atoms with Crippen LogP contribution in [0.3, 0.4) is 0 Å². The van der Waals surface area contributed by atoms with Crippen LogP contribution in [0.1, 0.15) is 51.3 Å². The lowest BCUT2D eigenvalue weighted by Crippen LogP contribution is -2.30. The number of carbonyl (C=O) groups excluding carboxylic acids is 1. The number of nitrogens with two attached hydrogens (primary N) is 1. The molecule has 5 nitrogen and oxygen atoms in total. The molecule has 0 aliphatic carbocycles. The Morgan fingerprint density at radius 2 is 1.91 bits per heavy atom. The normalized spacial score (nSPS) is 13.0. The fourth-order valence-corrected chi connectivity index (χ4v) is 2.04. The summed E-state index contributed by atoms with van der Waals surface area (Å²) < 4.78 is 0. The molecule has 0 aliphatic rings. The molecule has 0 radical (unpaired) electrons. The van der Waals surface area contributed by atoms with E-state index in [4.69, 9.17) is 10.6 Å².